The van der Waals surface area contributed by atoms with Crippen molar-refractivity contribution in [1.82, 2.24) is 9.80 Å². The zero-order valence-corrected chi connectivity index (χ0v) is 22.3. The van der Waals surface area contributed by atoms with E-state index in [0.29, 0.717) is 13.1 Å². The van der Waals surface area contributed by atoms with Crippen molar-refractivity contribution in [1.29, 1.82) is 0 Å². The van der Waals surface area contributed by atoms with E-state index in [4.69, 9.17) is 0 Å². The molecule has 0 atom stereocenters. The Kier molecular flexibility index (Phi) is 14.1. The Balaban J connectivity index is 0.00000341. The summed E-state index contributed by atoms with van der Waals surface area (Å²) >= 11 is 1.73. The molecule has 8 heteroatoms. The number of likely N-dealkylation sites (N-methyl/N-ethyl adjacent to an activating group) is 2. The summed E-state index contributed by atoms with van der Waals surface area (Å²) in [5.41, 5.74) is 3.90. The standard InChI is InChI=1S/C25H32N2O2S.2ClH.H2O/c1-5-26(6-2)16-22(28)18-9-11-24-20(13-18)15-21-14-19(10-12-25(21)30-24)23(29)17-27(7-3)8-4;;;/h9-14H,5-8,15-17H2,1-4H3;2*1H;1H2. The molecule has 0 saturated carbocycles. The SMILES string of the molecule is CCN(CC)CC(=O)c1ccc2c(c1)Cc1cc(C(=O)CN(CC)CC)ccc1S2.Cl.Cl.O. The predicted octanol–water partition coefficient (Wildman–Crippen LogP) is 4.81. The second-order valence-corrected chi connectivity index (χ2v) is 8.78. The minimum Gasteiger partial charge on any atom is -0.412 e. The Morgan fingerprint density at radius 2 is 1.09 bits per heavy atom. The van der Waals surface area contributed by atoms with E-state index in [1.54, 1.807) is 11.8 Å². The minimum atomic E-state index is 0. The average molecular weight is 516 g/mol. The van der Waals surface area contributed by atoms with Crippen molar-refractivity contribution in [2.24, 2.45) is 0 Å². The van der Waals surface area contributed by atoms with Crippen LogP contribution in [-0.2, 0) is 6.42 Å². The van der Waals surface area contributed by atoms with Gasteiger partial charge < -0.3 is 5.48 Å². The van der Waals surface area contributed by atoms with Crippen molar-refractivity contribution in [2.45, 2.75) is 43.9 Å². The highest BCUT2D eigenvalue weighted by atomic mass is 35.5. The van der Waals surface area contributed by atoms with Crippen molar-refractivity contribution in [3.05, 3.63) is 58.7 Å². The third kappa shape index (κ3) is 7.81. The van der Waals surface area contributed by atoms with Crippen molar-refractivity contribution >= 4 is 48.1 Å². The molecule has 0 saturated heterocycles. The van der Waals surface area contributed by atoms with Gasteiger partial charge in [-0.1, -0.05) is 51.6 Å². The Hall–Kier alpha value is -1.41. The number of Topliss-reactive ketones (excluding diaryl/α,β-unsaturated/α-hetero) is 2. The first kappa shape index (κ1) is 31.6. The van der Waals surface area contributed by atoms with Crippen LogP contribution in [0, 0.1) is 0 Å². The van der Waals surface area contributed by atoms with Crippen LogP contribution in [0.2, 0.25) is 0 Å². The first-order chi connectivity index (χ1) is 14.5. The normalized spacial score (nSPS) is 11.6. The average Bonchev–Trinajstić information content (AvgIpc) is 2.78. The van der Waals surface area contributed by atoms with E-state index in [-0.39, 0.29) is 41.9 Å². The van der Waals surface area contributed by atoms with Crippen molar-refractivity contribution in [3.8, 4) is 0 Å². The van der Waals surface area contributed by atoms with Gasteiger partial charge in [-0.3, -0.25) is 19.4 Å². The third-order valence-electron chi connectivity index (χ3n) is 5.89. The van der Waals surface area contributed by atoms with Crippen LogP contribution in [0.15, 0.2) is 46.2 Å². The summed E-state index contributed by atoms with van der Waals surface area (Å²) in [6.45, 7) is 12.7. The molecule has 33 heavy (non-hydrogen) atoms. The van der Waals surface area contributed by atoms with Crippen LogP contribution in [0.5, 0.6) is 0 Å². The lowest BCUT2D eigenvalue weighted by molar-refractivity contribution is 0.0930. The fourth-order valence-electron chi connectivity index (χ4n) is 3.79. The third-order valence-corrected chi connectivity index (χ3v) is 7.13. The van der Waals surface area contributed by atoms with E-state index in [1.165, 1.54) is 20.9 Å². The van der Waals surface area contributed by atoms with Crippen LogP contribution in [0.4, 0.5) is 0 Å². The Bertz CT molecular complexity index is 858. The second-order valence-electron chi connectivity index (χ2n) is 7.69. The van der Waals surface area contributed by atoms with Gasteiger partial charge >= 0.3 is 0 Å². The molecule has 0 bridgehead atoms. The maximum atomic E-state index is 12.7. The van der Waals surface area contributed by atoms with Crippen LogP contribution in [0.1, 0.15) is 59.5 Å². The quantitative estimate of drug-likeness (QED) is 0.363. The van der Waals surface area contributed by atoms with Gasteiger partial charge in [-0.05, 0) is 68.0 Å². The van der Waals surface area contributed by atoms with Gasteiger partial charge in [0, 0.05) is 20.9 Å². The molecule has 0 radical (unpaired) electrons. The van der Waals surface area contributed by atoms with E-state index in [1.807, 2.05) is 24.3 Å². The fourth-order valence-corrected chi connectivity index (χ4v) is 4.82. The zero-order valence-electron chi connectivity index (χ0n) is 19.8. The molecule has 0 unspecified atom stereocenters. The predicted molar refractivity (Wildman–Crippen MR) is 142 cm³/mol. The van der Waals surface area contributed by atoms with Crippen LogP contribution in [-0.4, -0.2) is 66.1 Å². The minimum absolute atomic E-state index is 0. The molecule has 2 aromatic rings. The van der Waals surface area contributed by atoms with Gasteiger partial charge in [-0.25, -0.2) is 0 Å². The Morgan fingerprint density at radius 3 is 1.42 bits per heavy atom. The summed E-state index contributed by atoms with van der Waals surface area (Å²) in [5.74, 6) is 0.334. The van der Waals surface area contributed by atoms with E-state index in [2.05, 4.69) is 49.6 Å². The van der Waals surface area contributed by atoms with Gasteiger partial charge in [0.1, 0.15) is 0 Å². The molecule has 1 aliphatic heterocycles. The highest BCUT2D eigenvalue weighted by Gasteiger charge is 2.20. The topological polar surface area (TPSA) is 72.1 Å². The molecule has 0 aromatic heterocycles. The van der Waals surface area contributed by atoms with Gasteiger partial charge in [0.25, 0.3) is 0 Å². The van der Waals surface area contributed by atoms with E-state index >= 15 is 0 Å². The number of hydrogen-bond acceptors (Lipinski definition) is 5. The molecule has 2 N–H and O–H groups in total. The van der Waals surface area contributed by atoms with Crippen LogP contribution in [0.25, 0.3) is 0 Å². The van der Waals surface area contributed by atoms with Gasteiger partial charge in [0.15, 0.2) is 11.6 Å². The van der Waals surface area contributed by atoms with Crippen LogP contribution in [0.3, 0.4) is 0 Å². The lowest BCUT2D eigenvalue weighted by Crippen LogP contribution is -2.29. The molecule has 0 fully saturated rings. The van der Waals surface area contributed by atoms with Gasteiger partial charge in [-0.15, -0.1) is 24.8 Å². The van der Waals surface area contributed by atoms with Crippen molar-refractivity contribution in [2.75, 3.05) is 39.3 Å². The van der Waals surface area contributed by atoms with E-state index in [9.17, 15) is 9.59 Å². The molecule has 0 spiro atoms. The largest absolute Gasteiger partial charge is 0.412 e. The molecule has 1 aliphatic rings. The van der Waals surface area contributed by atoms with Gasteiger partial charge in [0.2, 0.25) is 0 Å². The first-order valence-corrected chi connectivity index (χ1v) is 11.7. The van der Waals surface area contributed by atoms with Gasteiger partial charge in [0.05, 0.1) is 13.1 Å². The van der Waals surface area contributed by atoms with Crippen molar-refractivity contribution < 1.29 is 15.1 Å². The molecule has 0 aliphatic carbocycles. The lowest BCUT2D eigenvalue weighted by atomic mass is 9.98. The molecule has 5 nitrogen and oxygen atoms in total. The van der Waals surface area contributed by atoms with Crippen molar-refractivity contribution in [3.63, 3.8) is 0 Å². The smallest absolute Gasteiger partial charge is 0.176 e. The maximum absolute atomic E-state index is 12.7. The summed E-state index contributed by atoms with van der Waals surface area (Å²) < 4.78 is 0. The number of hydrogen-bond donors (Lipinski definition) is 0. The molecule has 0 amide bonds. The monoisotopic (exact) mass is 514 g/mol. The number of ketones is 2. The number of rotatable bonds is 10. The second kappa shape index (κ2) is 14.8. The fraction of sp³-hybridized carbons (Fsp3) is 0.440. The van der Waals surface area contributed by atoms with E-state index < -0.39 is 0 Å². The number of carbonyl (C=O) groups excluding carboxylic acids is 2. The van der Waals surface area contributed by atoms with Crippen LogP contribution < -0.4 is 0 Å². The van der Waals surface area contributed by atoms with Gasteiger partial charge in [-0.2, -0.15) is 0 Å². The summed E-state index contributed by atoms with van der Waals surface area (Å²) in [4.78, 5) is 32.1. The number of benzene rings is 2. The molecular formula is C25H36Cl2N2O3S. The molecular weight excluding hydrogens is 479 g/mol. The Morgan fingerprint density at radius 1 is 0.727 bits per heavy atom. The summed E-state index contributed by atoms with van der Waals surface area (Å²) in [6, 6.07) is 12.1. The summed E-state index contributed by atoms with van der Waals surface area (Å²) in [6.07, 6.45) is 0.760. The van der Waals surface area contributed by atoms with E-state index in [0.717, 1.165) is 43.7 Å². The highest BCUT2D eigenvalue weighted by Crippen LogP contribution is 2.40. The molecule has 2 aromatic carbocycles. The Labute approximate surface area is 214 Å². The number of nitrogens with zero attached hydrogens (tertiary/aromatic N) is 2. The lowest BCUT2D eigenvalue weighted by Gasteiger charge is -2.22. The zero-order chi connectivity index (χ0) is 21.7. The molecule has 1 heterocycles. The molecule has 3 rings (SSSR count). The maximum Gasteiger partial charge on any atom is 0.176 e. The molecule has 184 valence electrons. The highest BCUT2D eigenvalue weighted by molar-refractivity contribution is 7.99. The summed E-state index contributed by atoms with van der Waals surface area (Å²) in [7, 11) is 0. The first-order valence-electron chi connectivity index (χ1n) is 10.9. The van der Waals surface area contributed by atoms with Crippen LogP contribution >= 0.6 is 36.6 Å². The number of carbonyl (C=O) groups is 2. The summed E-state index contributed by atoms with van der Waals surface area (Å²) in [5, 5.41) is 0. The number of halogens is 2. The number of fused-ring (bicyclic) bond motifs is 2.